The molecule has 4 aromatic rings. The average Bonchev–Trinajstić information content (AvgIpc) is 3.54. The lowest BCUT2D eigenvalue weighted by Crippen LogP contribution is -2.44. The van der Waals surface area contributed by atoms with Crippen molar-refractivity contribution in [2.24, 2.45) is 0 Å². The van der Waals surface area contributed by atoms with Gasteiger partial charge in [0.2, 0.25) is 11.7 Å². The van der Waals surface area contributed by atoms with Crippen molar-refractivity contribution < 1.29 is 55.4 Å². The fourth-order valence-corrected chi connectivity index (χ4v) is 3.83. The number of aromatic nitrogens is 3. The van der Waals surface area contributed by atoms with E-state index in [4.69, 9.17) is 14.7 Å². The maximum atomic E-state index is 13.7. The van der Waals surface area contributed by atoms with Crippen LogP contribution in [0.2, 0.25) is 0 Å². The Bertz CT molecular complexity index is 1580. The van der Waals surface area contributed by atoms with Gasteiger partial charge in [-0.2, -0.15) is 31.3 Å². The summed E-state index contributed by atoms with van der Waals surface area (Å²) in [6.45, 7) is -0.513. The fourth-order valence-electron chi connectivity index (χ4n) is 3.83. The smallest absolute Gasteiger partial charge is 0.425 e. The number of hydrogen-bond donors (Lipinski definition) is 3. The molecule has 3 N–H and O–H groups in total. The van der Waals surface area contributed by atoms with Crippen molar-refractivity contribution in [3.8, 4) is 28.6 Å². The van der Waals surface area contributed by atoms with Gasteiger partial charge in [0.05, 0.1) is 12.2 Å². The normalized spacial score (nSPS) is 13.7. The number of carboxylic acid groups (broad SMARTS) is 1. The Morgan fingerprint density at radius 1 is 1.12 bits per heavy atom. The van der Waals surface area contributed by atoms with Crippen molar-refractivity contribution in [3.05, 3.63) is 54.2 Å². The molecule has 41 heavy (non-hydrogen) atoms. The molecule has 2 aromatic carbocycles. The van der Waals surface area contributed by atoms with Crippen LogP contribution in [0.15, 0.2) is 53.2 Å². The maximum Gasteiger partial charge on any atom is 0.425 e. The van der Waals surface area contributed by atoms with Gasteiger partial charge in [-0.05, 0) is 37.3 Å². The minimum absolute atomic E-state index is 0.0291. The number of aliphatic hydroxyl groups excluding tert-OH is 1. The van der Waals surface area contributed by atoms with Gasteiger partial charge in [0, 0.05) is 28.2 Å². The quantitative estimate of drug-likeness (QED) is 0.247. The Morgan fingerprint density at radius 2 is 1.85 bits per heavy atom. The molecule has 0 saturated carbocycles. The van der Waals surface area contributed by atoms with Crippen LogP contribution < -0.4 is 10.1 Å². The van der Waals surface area contributed by atoms with Crippen molar-refractivity contribution in [2.45, 2.75) is 38.0 Å². The van der Waals surface area contributed by atoms with E-state index >= 15 is 0 Å². The van der Waals surface area contributed by atoms with Crippen LogP contribution in [0.5, 0.6) is 5.75 Å². The van der Waals surface area contributed by atoms with Crippen molar-refractivity contribution in [3.63, 3.8) is 0 Å². The molecule has 1 amide bonds. The molecule has 0 aliphatic heterocycles. The van der Waals surface area contributed by atoms with Crippen LogP contribution >= 0.6 is 0 Å². The van der Waals surface area contributed by atoms with Gasteiger partial charge in [-0.15, -0.1) is 0 Å². The van der Waals surface area contributed by atoms with Crippen molar-refractivity contribution in [1.82, 2.24) is 20.0 Å². The molecule has 0 unspecified atom stereocenters. The van der Waals surface area contributed by atoms with Crippen LogP contribution in [0.4, 0.5) is 26.3 Å². The third kappa shape index (κ3) is 6.42. The molecule has 0 aliphatic rings. The molecule has 0 radical (unpaired) electrons. The van der Waals surface area contributed by atoms with Gasteiger partial charge in [0.15, 0.2) is 6.10 Å². The summed E-state index contributed by atoms with van der Waals surface area (Å²) >= 11 is 0. The van der Waals surface area contributed by atoms with E-state index in [1.807, 2.05) is 0 Å². The third-order valence-electron chi connectivity index (χ3n) is 5.91. The summed E-state index contributed by atoms with van der Waals surface area (Å²) in [6, 6.07) is 7.27. The SMILES string of the molecule is C[C@H](Oc1ccc(-c2nc(-c3cccc4c3ccn4CC(=O)N[C@@H](CO)C(=O)O)no2)cc1C(F)(F)F)C(F)(F)F. The fraction of sp³-hybridized carbons (Fsp3) is 0.280. The number of hydrogen-bond acceptors (Lipinski definition) is 7. The maximum absolute atomic E-state index is 13.7. The number of nitrogens with zero attached hydrogens (tertiary/aromatic N) is 3. The van der Waals surface area contributed by atoms with Gasteiger partial charge < -0.3 is 29.4 Å². The van der Waals surface area contributed by atoms with Gasteiger partial charge in [0.25, 0.3) is 5.89 Å². The molecule has 16 heteroatoms. The van der Waals surface area contributed by atoms with Gasteiger partial charge in [-0.3, -0.25) is 4.79 Å². The van der Waals surface area contributed by atoms with E-state index in [-0.39, 0.29) is 23.8 Å². The molecule has 0 aliphatic carbocycles. The summed E-state index contributed by atoms with van der Waals surface area (Å²) in [5, 5.41) is 24.6. The average molecular weight is 586 g/mol. The van der Waals surface area contributed by atoms with E-state index in [1.165, 1.54) is 10.8 Å². The first-order chi connectivity index (χ1) is 19.2. The zero-order valence-electron chi connectivity index (χ0n) is 20.8. The van der Waals surface area contributed by atoms with Gasteiger partial charge in [-0.1, -0.05) is 17.3 Å². The number of carbonyl (C=O) groups is 2. The highest BCUT2D eigenvalue weighted by Crippen LogP contribution is 2.40. The van der Waals surface area contributed by atoms with Crippen molar-refractivity contribution >= 4 is 22.8 Å². The van der Waals surface area contributed by atoms with Crippen molar-refractivity contribution in [2.75, 3.05) is 6.61 Å². The van der Waals surface area contributed by atoms with Gasteiger partial charge in [-0.25, -0.2) is 4.79 Å². The third-order valence-corrected chi connectivity index (χ3v) is 5.91. The number of carboxylic acids is 1. The molecule has 2 atom stereocenters. The lowest BCUT2D eigenvalue weighted by molar-refractivity contribution is -0.191. The number of alkyl halides is 6. The number of rotatable bonds is 9. The molecular formula is C25H20F6N4O6. The molecule has 4 rings (SSSR count). The summed E-state index contributed by atoms with van der Waals surface area (Å²) in [6.07, 6.45) is -10.9. The van der Waals surface area contributed by atoms with Crippen molar-refractivity contribution in [1.29, 1.82) is 0 Å². The zero-order valence-corrected chi connectivity index (χ0v) is 20.8. The monoisotopic (exact) mass is 586 g/mol. The molecule has 0 fully saturated rings. The summed E-state index contributed by atoms with van der Waals surface area (Å²) in [5.74, 6) is -3.49. The molecule has 0 spiro atoms. The number of amides is 1. The van der Waals surface area contributed by atoms with Crippen LogP contribution in [0, 0.1) is 0 Å². The second-order valence-electron chi connectivity index (χ2n) is 8.76. The first kappa shape index (κ1) is 29.4. The van der Waals surface area contributed by atoms with Gasteiger partial charge in [0.1, 0.15) is 18.3 Å². The molecule has 10 nitrogen and oxygen atoms in total. The van der Waals surface area contributed by atoms with Crippen LogP contribution in [-0.2, 0) is 22.3 Å². The van der Waals surface area contributed by atoms with E-state index in [0.29, 0.717) is 29.5 Å². The number of benzene rings is 2. The first-order valence-corrected chi connectivity index (χ1v) is 11.7. The van der Waals surface area contributed by atoms with E-state index in [0.717, 1.165) is 12.1 Å². The van der Waals surface area contributed by atoms with Crippen LogP contribution in [0.3, 0.4) is 0 Å². The number of ether oxygens (including phenoxy) is 1. The summed E-state index contributed by atoms with van der Waals surface area (Å²) < 4.78 is 90.7. The van der Waals surface area contributed by atoms with E-state index in [9.17, 15) is 35.9 Å². The first-order valence-electron chi connectivity index (χ1n) is 11.7. The minimum atomic E-state index is -5.05. The molecule has 218 valence electrons. The Kier molecular flexibility index (Phi) is 7.96. The number of aliphatic carboxylic acids is 1. The summed E-state index contributed by atoms with van der Waals surface area (Å²) in [7, 11) is 0. The lowest BCUT2D eigenvalue weighted by atomic mass is 10.1. The Morgan fingerprint density at radius 3 is 2.49 bits per heavy atom. The highest BCUT2D eigenvalue weighted by atomic mass is 19.4. The van der Waals surface area contributed by atoms with E-state index in [2.05, 4.69) is 20.2 Å². The largest absolute Gasteiger partial charge is 0.481 e. The zero-order chi connectivity index (χ0) is 30.1. The number of aliphatic hydroxyl groups is 1. The predicted octanol–water partition coefficient (Wildman–Crippen LogP) is 4.27. The lowest BCUT2D eigenvalue weighted by Gasteiger charge is -2.20. The molecule has 2 aromatic heterocycles. The van der Waals surface area contributed by atoms with E-state index in [1.54, 1.807) is 24.3 Å². The number of halogens is 6. The van der Waals surface area contributed by atoms with Gasteiger partial charge >= 0.3 is 18.3 Å². The molecule has 0 bridgehead atoms. The Hall–Kier alpha value is -4.60. The van der Waals surface area contributed by atoms with Crippen LogP contribution in [-0.4, -0.2) is 61.7 Å². The number of fused-ring (bicyclic) bond motifs is 1. The Labute approximate surface area is 226 Å². The standard InChI is InChI=1S/C25H20F6N4O6/c1-12(24(26,27)28)40-19-6-5-13(9-16(19)25(29,30)31)22-33-21(34-41-22)15-3-2-4-18-14(15)7-8-35(18)10-20(37)32-17(11-36)23(38)39/h2-9,12,17,36H,10-11H2,1H3,(H,32,37)(H,38,39)/t12-,17-/m0/s1. The van der Waals surface area contributed by atoms with E-state index < -0.39 is 54.3 Å². The minimum Gasteiger partial charge on any atom is -0.481 e. The second-order valence-corrected chi connectivity index (χ2v) is 8.76. The highest BCUT2D eigenvalue weighted by molar-refractivity contribution is 5.95. The van der Waals surface area contributed by atoms with Crippen LogP contribution in [0.25, 0.3) is 33.7 Å². The molecular weight excluding hydrogens is 566 g/mol. The molecule has 2 heterocycles. The summed E-state index contributed by atoms with van der Waals surface area (Å²) in [4.78, 5) is 27.5. The highest BCUT2D eigenvalue weighted by Gasteiger charge is 2.41. The Balaban J connectivity index is 1.62. The molecule has 0 saturated heterocycles. The predicted molar refractivity (Wildman–Crippen MR) is 128 cm³/mol. The number of carbonyl (C=O) groups excluding carboxylic acids is 1. The summed E-state index contributed by atoms with van der Waals surface area (Å²) in [5.41, 5.74) is -0.805. The topological polar surface area (TPSA) is 140 Å². The second kappa shape index (κ2) is 11.1. The number of nitrogens with one attached hydrogen (secondary N) is 1. The van der Waals surface area contributed by atoms with Crippen LogP contribution in [0.1, 0.15) is 12.5 Å².